The number of carbonyl (C=O) groups is 2. The highest BCUT2D eigenvalue weighted by Crippen LogP contribution is 2.35. The van der Waals surface area contributed by atoms with Gasteiger partial charge in [0.15, 0.2) is 0 Å². The zero-order chi connectivity index (χ0) is 21.9. The molecule has 2 amide bonds. The highest BCUT2D eigenvalue weighted by molar-refractivity contribution is 6.36. The van der Waals surface area contributed by atoms with E-state index in [0.29, 0.717) is 29.1 Å². The second-order valence-corrected chi connectivity index (χ2v) is 7.81. The van der Waals surface area contributed by atoms with Crippen LogP contribution in [0.4, 0.5) is 0 Å². The molecule has 0 saturated heterocycles. The largest absolute Gasteiger partial charge is 0.496 e. The predicted octanol–water partition coefficient (Wildman–Crippen LogP) is 3.84. The Morgan fingerprint density at radius 3 is 2.23 bits per heavy atom. The fourth-order valence-corrected chi connectivity index (χ4v) is 3.88. The average Bonchev–Trinajstić information content (AvgIpc) is 3.00. The van der Waals surface area contributed by atoms with Crippen molar-refractivity contribution in [2.24, 2.45) is 0 Å². The molecule has 0 atom stereocenters. The van der Waals surface area contributed by atoms with Gasteiger partial charge in [0.25, 0.3) is 11.8 Å². The number of aliphatic hydroxyl groups is 1. The molecular weight excluding hydrogens is 380 g/mol. The quantitative estimate of drug-likeness (QED) is 0.369. The number of likely N-dealkylation sites (N-methyl/N-ethyl adjacent to an activating group) is 1. The van der Waals surface area contributed by atoms with Crippen molar-refractivity contribution in [2.45, 2.75) is 58.3 Å². The molecule has 1 N–H and O–H groups in total. The van der Waals surface area contributed by atoms with E-state index in [0.717, 1.165) is 19.3 Å². The van der Waals surface area contributed by atoms with E-state index in [1.807, 2.05) is 12.1 Å². The summed E-state index contributed by atoms with van der Waals surface area (Å²) in [7, 11) is 3.28. The van der Waals surface area contributed by atoms with Crippen LogP contribution in [-0.4, -0.2) is 60.6 Å². The molecule has 1 aromatic carbocycles. The van der Waals surface area contributed by atoms with Crippen molar-refractivity contribution in [1.82, 2.24) is 9.80 Å². The maximum atomic E-state index is 13.2. The fourth-order valence-electron chi connectivity index (χ4n) is 3.88. The van der Waals surface area contributed by atoms with Crippen LogP contribution >= 0.6 is 0 Å². The minimum absolute atomic E-state index is 0.0985. The van der Waals surface area contributed by atoms with E-state index in [2.05, 4.69) is 6.92 Å². The lowest BCUT2D eigenvalue weighted by atomic mass is 10.0. The van der Waals surface area contributed by atoms with Crippen LogP contribution in [0, 0.1) is 0 Å². The molecule has 0 spiro atoms. The third kappa shape index (κ3) is 5.85. The van der Waals surface area contributed by atoms with Crippen molar-refractivity contribution in [2.75, 3.05) is 33.9 Å². The third-order valence-corrected chi connectivity index (χ3v) is 5.57. The summed E-state index contributed by atoms with van der Waals surface area (Å²) in [6.07, 6.45) is 9.22. The van der Waals surface area contributed by atoms with Gasteiger partial charge in [0, 0.05) is 25.7 Å². The highest BCUT2D eigenvalue weighted by atomic mass is 16.5. The molecule has 1 aliphatic rings. The lowest BCUT2D eigenvalue weighted by Gasteiger charge is -2.20. The number of hydrogen-bond acceptors (Lipinski definition) is 5. The molecular formula is C24H36N2O4. The van der Waals surface area contributed by atoms with E-state index >= 15 is 0 Å². The van der Waals surface area contributed by atoms with Crippen molar-refractivity contribution in [3.63, 3.8) is 0 Å². The van der Waals surface area contributed by atoms with Crippen LogP contribution in [0.2, 0.25) is 0 Å². The van der Waals surface area contributed by atoms with Crippen molar-refractivity contribution < 1.29 is 19.4 Å². The number of imide groups is 1. The number of rotatable bonds is 14. The van der Waals surface area contributed by atoms with E-state index in [4.69, 9.17) is 4.74 Å². The monoisotopic (exact) mass is 416 g/mol. The van der Waals surface area contributed by atoms with Crippen LogP contribution in [0.3, 0.4) is 0 Å². The van der Waals surface area contributed by atoms with Gasteiger partial charge in [-0.05, 0) is 12.5 Å². The molecule has 0 radical (unpaired) electrons. The first-order valence-corrected chi connectivity index (χ1v) is 11.1. The molecule has 1 aromatic rings. The average molecular weight is 417 g/mol. The molecule has 0 bridgehead atoms. The zero-order valence-electron chi connectivity index (χ0n) is 18.7. The molecule has 1 aliphatic heterocycles. The number of amides is 2. The molecule has 6 heteroatoms. The Balaban J connectivity index is 2.10. The summed E-state index contributed by atoms with van der Waals surface area (Å²) in [4.78, 5) is 29.4. The van der Waals surface area contributed by atoms with Gasteiger partial charge in [-0.25, -0.2) is 0 Å². The second kappa shape index (κ2) is 12.4. The molecule has 0 aromatic heterocycles. The Hall–Kier alpha value is -2.34. The van der Waals surface area contributed by atoms with Gasteiger partial charge in [0.05, 0.1) is 19.3 Å². The van der Waals surface area contributed by atoms with Gasteiger partial charge in [0.2, 0.25) is 0 Å². The van der Waals surface area contributed by atoms with Crippen LogP contribution in [0.5, 0.6) is 5.75 Å². The number of hydrogen-bond donors (Lipinski definition) is 1. The predicted molar refractivity (Wildman–Crippen MR) is 119 cm³/mol. The summed E-state index contributed by atoms with van der Waals surface area (Å²) >= 11 is 0. The smallest absolute Gasteiger partial charge is 0.277 e. The fraction of sp³-hybridized carbons (Fsp3) is 0.583. The number of carbonyl (C=O) groups excluding carboxylic acids is 2. The van der Waals surface area contributed by atoms with Gasteiger partial charge in [0.1, 0.15) is 11.4 Å². The molecule has 0 saturated carbocycles. The van der Waals surface area contributed by atoms with Gasteiger partial charge in [-0.1, -0.05) is 70.1 Å². The molecule has 6 nitrogen and oxygen atoms in total. The zero-order valence-corrected chi connectivity index (χ0v) is 18.7. The Labute approximate surface area is 180 Å². The number of benzene rings is 1. The van der Waals surface area contributed by atoms with E-state index < -0.39 is 0 Å². The number of nitrogens with zero attached hydrogens (tertiary/aromatic N) is 2. The molecule has 166 valence electrons. The van der Waals surface area contributed by atoms with Crippen molar-refractivity contribution in [1.29, 1.82) is 0 Å². The van der Waals surface area contributed by atoms with E-state index in [-0.39, 0.29) is 25.0 Å². The van der Waals surface area contributed by atoms with Crippen molar-refractivity contribution in [3.8, 4) is 5.75 Å². The minimum atomic E-state index is -0.292. The van der Waals surface area contributed by atoms with E-state index in [9.17, 15) is 14.7 Å². The number of aliphatic hydroxyl groups excluding tert-OH is 1. The lowest BCUT2D eigenvalue weighted by Crippen LogP contribution is -2.35. The Kier molecular flexibility index (Phi) is 9.87. The van der Waals surface area contributed by atoms with E-state index in [1.165, 1.54) is 37.0 Å². The van der Waals surface area contributed by atoms with Crippen LogP contribution in [0.15, 0.2) is 30.0 Å². The Morgan fingerprint density at radius 2 is 1.60 bits per heavy atom. The maximum absolute atomic E-state index is 13.2. The van der Waals surface area contributed by atoms with Gasteiger partial charge in [-0.3, -0.25) is 14.5 Å². The maximum Gasteiger partial charge on any atom is 0.277 e. The lowest BCUT2D eigenvalue weighted by molar-refractivity contribution is -0.137. The Bertz CT molecular complexity index is 744. The van der Waals surface area contributed by atoms with Crippen molar-refractivity contribution in [3.05, 3.63) is 35.5 Å². The summed E-state index contributed by atoms with van der Waals surface area (Å²) in [5.74, 6) is -0.0236. The number of methoxy groups -OCH3 is 1. The summed E-state index contributed by atoms with van der Waals surface area (Å²) < 4.78 is 5.43. The second-order valence-electron chi connectivity index (χ2n) is 7.81. The molecule has 0 aliphatic carbocycles. The Morgan fingerprint density at radius 1 is 0.967 bits per heavy atom. The number of ether oxygens (including phenoxy) is 1. The SMILES string of the molecule is CCCCCCCCCCN1C(=O)C(c2ccccc2OC)=C(N(C)CCO)C1=O. The first-order chi connectivity index (χ1) is 14.6. The summed E-state index contributed by atoms with van der Waals surface area (Å²) in [6, 6.07) is 7.24. The van der Waals surface area contributed by atoms with Crippen LogP contribution in [-0.2, 0) is 9.59 Å². The molecule has 0 fully saturated rings. The van der Waals surface area contributed by atoms with Crippen LogP contribution < -0.4 is 4.74 Å². The molecule has 30 heavy (non-hydrogen) atoms. The van der Waals surface area contributed by atoms with Gasteiger partial charge >= 0.3 is 0 Å². The standard InChI is InChI=1S/C24H36N2O4/c1-4-5-6-7-8-9-10-13-16-26-23(28)21(19-14-11-12-15-20(19)30-3)22(24(26)29)25(2)17-18-27/h11-12,14-15,27H,4-10,13,16-18H2,1-3H3. The van der Waals surface area contributed by atoms with Crippen LogP contribution in [0.25, 0.3) is 5.57 Å². The van der Waals surface area contributed by atoms with Gasteiger partial charge in [-0.15, -0.1) is 0 Å². The summed E-state index contributed by atoms with van der Waals surface area (Å²) in [5, 5.41) is 9.35. The minimum Gasteiger partial charge on any atom is -0.496 e. The molecule has 0 unspecified atom stereocenters. The van der Waals surface area contributed by atoms with Crippen molar-refractivity contribution >= 4 is 17.4 Å². The normalized spacial score (nSPS) is 14.1. The molecule has 1 heterocycles. The highest BCUT2D eigenvalue weighted by Gasteiger charge is 2.41. The van der Waals surface area contributed by atoms with Gasteiger partial charge in [-0.2, -0.15) is 0 Å². The topological polar surface area (TPSA) is 70.1 Å². The van der Waals surface area contributed by atoms with Crippen LogP contribution in [0.1, 0.15) is 63.9 Å². The van der Waals surface area contributed by atoms with Gasteiger partial charge < -0.3 is 14.7 Å². The first kappa shape index (κ1) is 23.9. The summed E-state index contributed by atoms with van der Waals surface area (Å²) in [5.41, 5.74) is 1.29. The first-order valence-electron chi connectivity index (χ1n) is 11.1. The summed E-state index contributed by atoms with van der Waals surface area (Å²) in [6.45, 7) is 2.81. The van der Waals surface area contributed by atoms with E-state index in [1.54, 1.807) is 31.2 Å². The number of para-hydroxylation sites is 1. The number of unbranched alkanes of at least 4 members (excludes halogenated alkanes) is 7. The third-order valence-electron chi connectivity index (χ3n) is 5.57. The molecule has 2 rings (SSSR count).